The number of ether oxygens (including phenoxy) is 2. The maximum Gasteiger partial charge on any atom is 0.168 e. The second-order valence-electron chi connectivity index (χ2n) is 5.47. The third-order valence-electron chi connectivity index (χ3n) is 4.41. The Morgan fingerprint density at radius 2 is 1.71 bits per heavy atom. The van der Waals surface area contributed by atoms with Crippen LogP contribution in [0.25, 0.3) is 0 Å². The summed E-state index contributed by atoms with van der Waals surface area (Å²) in [7, 11) is 0. The van der Waals surface area contributed by atoms with Crippen LogP contribution in [-0.2, 0) is 9.47 Å². The monoisotopic (exact) mass is 241 g/mol. The summed E-state index contributed by atoms with van der Waals surface area (Å²) >= 11 is 0. The summed E-state index contributed by atoms with van der Waals surface area (Å²) in [6.07, 6.45) is 7.08. The first-order chi connectivity index (χ1) is 8.28. The van der Waals surface area contributed by atoms with E-state index >= 15 is 0 Å². The van der Waals surface area contributed by atoms with E-state index in [1.54, 1.807) is 0 Å². The zero-order chi connectivity index (χ0) is 12.1. The molecule has 3 heteroatoms. The molecule has 3 nitrogen and oxygen atoms in total. The lowest BCUT2D eigenvalue weighted by Gasteiger charge is -2.36. The molecule has 1 N–H and O–H groups in total. The lowest BCUT2D eigenvalue weighted by Crippen LogP contribution is -2.43. The van der Waals surface area contributed by atoms with E-state index in [-0.39, 0.29) is 5.79 Å². The largest absolute Gasteiger partial charge is 0.348 e. The average molecular weight is 241 g/mol. The molecule has 1 heterocycles. The van der Waals surface area contributed by atoms with E-state index in [1.165, 1.54) is 32.2 Å². The van der Waals surface area contributed by atoms with E-state index in [0.717, 1.165) is 32.0 Å². The molecule has 1 spiro atoms. The maximum atomic E-state index is 5.75. The molecule has 0 atom stereocenters. The Morgan fingerprint density at radius 1 is 1.12 bits per heavy atom. The molecule has 0 bridgehead atoms. The van der Waals surface area contributed by atoms with Crippen LogP contribution in [0, 0.1) is 5.92 Å². The fraction of sp³-hybridized carbons (Fsp3) is 1.00. The van der Waals surface area contributed by atoms with E-state index in [0.29, 0.717) is 6.04 Å². The van der Waals surface area contributed by atoms with E-state index in [4.69, 9.17) is 9.47 Å². The first kappa shape index (κ1) is 13.3. The van der Waals surface area contributed by atoms with Gasteiger partial charge in [-0.2, -0.15) is 0 Å². The molecule has 2 rings (SSSR count). The molecule has 0 aromatic heterocycles. The summed E-state index contributed by atoms with van der Waals surface area (Å²) < 4.78 is 11.5. The molecule has 0 unspecified atom stereocenters. The average Bonchev–Trinajstić information content (AvgIpc) is 2.81. The molecule has 0 aromatic carbocycles. The highest BCUT2D eigenvalue weighted by Crippen LogP contribution is 2.35. The normalized spacial score (nSPS) is 24.9. The molecule has 17 heavy (non-hydrogen) atoms. The Labute approximate surface area is 105 Å². The molecule has 1 aliphatic heterocycles. The molecule has 1 saturated carbocycles. The second kappa shape index (κ2) is 6.17. The molecular formula is C14H27NO2. The van der Waals surface area contributed by atoms with Gasteiger partial charge in [0.25, 0.3) is 0 Å². The highest BCUT2D eigenvalue weighted by Gasteiger charge is 2.40. The molecule has 2 aliphatic rings. The molecule has 0 radical (unpaired) electrons. The van der Waals surface area contributed by atoms with Crippen molar-refractivity contribution in [1.82, 2.24) is 5.32 Å². The van der Waals surface area contributed by atoms with Crippen molar-refractivity contribution in [2.75, 3.05) is 19.8 Å². The summed E-state index contributed by atoms with van der Waals surface area (Å²) in [5, 5.41) is 3.72. The smallest absolute Gasteiger partial charge is 0.168 e. The molecule has 0 aromatic rings. The van der Waals surface area contributed by atoms with Gasteiger partial charge in [0, 0.05) is 18.9 Å². The van der Waals surface area contributed by atoms with Crippen molar-refractivity contribution >= 4 is 0 Å². The van der Waals surface area contributed by atoms with Crippen molar-refractivity contribution in [3.05, 3.63) is 0 Å². The van der Waals surface area contributed by atoms with Gasteiger partial charge in [0.2, 0.25) is 0 Å². The van der Waals surface area contributed by atoms with Gasteiger partial charge in [-0.3, -0.25) is 0 Å². The van der Waals surface area contributed by atoms with Crippen LogP contribution in [0.2, 0.25) is 0 Å². The van der Waals surface area contributed by atoms with Crippen LogP contribution in [0.3, 0.4) is 0 Å². The van der Waals surface area contributed by atoms with Gasteiger partial charge in [-0.25, -0.2) is 0 Å². The maximum absolute atomic E-state index is 5.75. The number of nitrogens with one attached hydrogen (secondary N) is 1. The number of hydrogen-bond acceptors (Lipinski definition) is 3. The summed E-state index contributed by atoms with van der Waals surface area (Å²) in [5.41, 5.74) is 0. The van der Waals surface area contributed by atoms with Crippen molar-refractivity contribution in [2.24, 2.45) is 5.92 Å². The van der Waals surface area contributed by atoms with Gasteiger partial charge in [-0.15, -0.1) is 0 Å². The zero-order valence-corrected chi connectivity index (χ0v) is 11.3. The standard InChI is InChI=1S/C14H27NO2/c1-3-12(4-2)11-15-13-5-7-14(8-6-13)16-9-10-17-14/h12-13,15H,3-11H2,1-2H3. The Kier molecular flexibility index (Phi) is 4.83. The Hall–Kier alpha value is -0.120. The van der Waals surface area contributed by atoms with Crippen LogP contribution in [0.4, 0.5) is 0 Å². The number of rotatable bonds is 5. The van der Waals surface area contributed by atoms with Crippen LogP contribution in [-0.4, -0.2) is 31.6 Å². The Morgan fingerprint density at radius 3 is 2.24 bits per heavy atom. The Bertz CT molecular complexity index is 210. The van der Waals surface area contributed by atoms with Crippen molar-refractivity contribution in [3.63, 3.8) is 0 Å². The second-order valence-corrected chi connectivity index (χ2v) is 5.47. The third kappa shape index (κ3) is 3.43. The predicted octanol–water partition coefficient (Wildman–Crippen LogP) is 2.70. The fourth-order valence-electron chi connectivity index (χ4n) is 2.96. The fourth-order valence-corrected chi connectivity index (χ4v) is 2.96. The minimum atomic E-state index is -0.201. The highest BCUT2D eigenvalue weighted by molar-refractivity contribution is 4.85. The van der Waals surface area contributed by atoms with E-state index < -0.39 is 0 Å². The SMILES string of the molecule is CCC(CC)CNC1CCC2(CC1)OCCO2. The minimum absolute atomic E-state index is 0.201. The van der Waals surface area contributed by atoms with Crippen molar-refractivity contribution in [2.45, 2.75) is 64.2 Å². The molecule has 0 amide bonds. The van der Waals surface area contributed by atoms with Gasteiger partial charge in [-0.1, -0.05) is 26.7 Å². The highest BCUT2D eigenvalue weighted by atomic mass is 16.7. The topological polar surface area (TPSA) is 30.5 Å². The van der Waals surface area contributed by atoms with E-state index in [2.05, 4.69) is 19.2 Å². The molecule has 100 valence electrons. The first-order valence-electron chi connectivity index (χ1n) is 7.29. The van der Waals surface area contributed by atoms with E-state index in [1.807, 2.05) is 0 Å². The van der Waals surface area contributed by atoms with Crippen molar-refractivity contribution in [3.8, 4) is 0 Å². The van der Waals surface area contributed by atoms with Crippen LogP contribution in [0.15, 0.2) is 0 Å². The van der Waals surface area contributed by atoms with Crippen LogP contribution in [0.5, 0.6) is 0 Å². The van der Waals surface area contributed by atoms with E-state index in [9.17, 15) is 0 Å². The van der Waals surface area contributed by atoms with Gasteiger partial charge >= 0.3 is 0 Å². The van der Waals surface area contributed by atoms with Crippen LogP contribution >= 0.6 is 0 Å². The number of hydrogen-bond donors (Lipinski definition) is 1. The molecule has 1 aliphatic carbocycles. The van der Waals surface area contributed by atoms with Gasteiger partial charge in [0.05, 0.1) is 13.2 Å². The van der Waals surface area contributed by atoms with Gasteiger partial charge in [-0.05, 0) is 25.3 Å². The molecule has 1 saturated heterocycles. The lowest BCUT2D eigenvalue weighted by atomic mass is 9.89. The minimum Gasteiger partial charge on any atom is -0.348 e. The molecule has 2 fully saturated rings. The summed E-state index contributed by atoms with van der Waals surface area (Å²) in [5.74, 6) is 0.637. The summed E-state index contributed by atoms with van der Waals surface area (Å²) in [6, 6.07) is 0.675. The van der Waals surface area contributed by atoms with Gasteiger partial charge < -0.3 is 14.8 Å². The summed E-state index contributed by atoms with van der Waals surface area (Å²) in [6.45, 7) is 7.31. The van der Waals surface area contributed by atoms with Crippen molar-refractivity contribution < 1.29 is 9.47 Å². The quantitative estimate of drug-likeness (QED) is 0.803. The van der Waals surface area contributed by atoms with Crippen molar-refractivity contribution in [1.29, 1.82) is 0 Å². The Balaban J connectivity index is 1.68. The predicted molar refractivity (Wildman–Crippen MR) is 69.0 cm³/mol. The van der Waals surface area contributed by atoms with Gasteiger partial charge in [0.1, 0.15) is 0 Å². The first-order valence-corrected chi connectivity index (χ1v) is 7.29. The zero-order valence-electron chi connectivity index (χ0n) is 11.3. The molecular weight excluding hydrogens is 214 g/mol. The van der Waals surface area contributed by atoms with Crippen LogP contribution in [0.1, 0.15) is 52.4 Å². The van der Waals surface area contributed by atoms with Gasteiger partial charge in [0.15, 0.2) is 5.79 Å². The van der Waals surface area contributed by atoms with Crippen LogP contribution < -0.4 is 5.32 Å². The third-order valence-corrected chi connectivity index (χ3v) is 4.41. The lowest BCUT2D eigenvalue weighted by molar-refractivity contribution is -0.179. The summed E-state index contributed by atoms with van der Waals surface area (Å²) in [4.78, 5) is 0.